The highest BCUT2D eigenvalue weighted by atomic mass is 16.5. The highest BCUT2D eigenvalue weighted by Gasteiger charge is 2.32. The average Bonchev–Trinajstić information content (AvgIpc) is 2.77. The average molecular weight is 395 g/mol. The van der Waals surface area contributed by atoms with Crippen molar-refractivity contribution in [3.05, 3.63) is 59.7 Å². The molecule has 2 aliphatic heterocycles. The third-order valence-electron chi connectivity index (χ3n) is 6.25. The van der Waals surface area contributed by atoms with Gasteiger partial charge in [0.1, 0.15) is 18.1 Å². The molecule has 0 saturated carbocycles. The fourth-order valence-electron chi connectivity index (χ4n) is 4.67. The Balaban J connectivity index is 1.40. The number of benzene rings is 2. The van der Waals surface area contributed by atoms with Crippen molar-refractivity contribution >= 4 is 5.91 Å². The zero-order valence-corrected chi connectivity index (χ0v) is 17.3. The molecule has 2 aliphatic rings. The summed E-state index contributed by atoms with van der Waals surface area (Å²) in [4.78, 5) is 15.2. The summed E-state index contributed by atoms with van der Waals surface area (Å²) in [5.74, 6) is 2.15. The summed E-state index contributed by atoms with van der Waals surface area (Å²) in [6.45, 7) is 2.22. The third kappa shape index (κ3) is 4.40. The summed E-state index contributed by atoms with van der Waals surface area (Å²) >= 11 is 0. The van der Waals surface area contributed by atoms with Crippen molar-refractivity contribution in [1.82, 2.24) is 10.2 Å². The molecule has 0 aromatic heterocycles. The molecule has 0 radical (unpaired) electrons. The fourth-order valence-corrected chi connectivity index (χ4v) is 4.67. The van der Waals surface area contributed by atoms with E-state index in [2.05, 4.69) is 29.4 Å². The highest BCUT2D eigenvalue weighted by molar-refractivity contribution is 5.79. The number of carbonyl (C=O) groups is 1. The lowest BCUT2D eigenvalue weighted by Gasteiger charge is -2.40. The Hall–Kier alpha value is -2.53. The van der Waals surface area contributed by atoms with Gasteiger partial charge in [0.05, 0.1) is 13.0 Å². The number of hydrogen-bond donors (Lipinski definition) is 1. The maximum absolute atomic E-state index is 12.8. The molecule has 0 spiro atoms. The van der Waals surface area contributed by atoms with E-state index in [9.17, 15) is 4.79 Å². The number of para-hydroxylation sites is 1. The van der Waals surface area contributed by atoms with Crippen molar-refractivity contribution in [3.8, 4) is 11.5 Å². The number of nitrogens with zero attached hydrogens (tertiary/aromatic N) is 1. The normalized spacial score (nSPS) is 24.3. The van der Waals surface area contributed by atoms with Crippen LogP contribution in [0.5, 0.6) is 11.5 Å². The minimum Gasteiger partial charge on any atom is -0.497 e. The second-order valence-corrected chi connectivity index (χ2v) is 8.17. The van der Waals surface area contributed by atoms with E-state index < -0.39 is 0 Å². The summed E-state index contributed by atoms with van der Waals surface area (Å²) < 4.78 is 11.1. The number of hydrogen-bond acceptors (Lipinski definition) is 4. The Bertz CT molecular complexity index is 836. The number of amides is 1. The first-order valence-electron chi connectivity index (χ1n) is 10.5. The van der Waals surface area contributed by atoms with Crippen LogP contribution in [0.25, 0.3) is 0 Å². The Morgan fingerprint density at radius 3 is 2.79 bits per heavy atom. The maximum atomic E-state index is 12.8. The van der Waals surface area contributed by atoms with Crippen LogP contribution in [0.15, 0.2) is 48.5 Å². The van der Waals surface area contributed by atoms with Crippen LogP contribution in [0.4, 0.5) is 0 Å². The number of likely N-dealkylation sites (tertiary alicyclic amines) is 1. The molecule has 2 aromatic rings. The molecular weight excluding hydrogens is 364 g/mol. The van der Waals surface area contributed by atoms with E-state index in [4.69, 9.17) is 9.47 Å². The number of fused-ring (bicyclic) bond motifs is 1. The van der Waals surface area contributed by atoms with E-state index in [0.29, 0.717) is 25.1 Å². The summed E-state index contributed by atoms with van der Waals surface area (Å²) in [6.07, 6.45) is 3.02. The van der Waals surface area contributed by atoms with Crippen LogP contribution in [0, 0.1) is 11.8 Å². The van der Waals surface area contributed by atoms with Gasteiger partial charge in [0, 0.05) is 12.6 Å². The number of methoxy groups -OCH3 is 1. The van der Waals surface area contributed by atoms with Crippen molar-refractivity contribution in [2.45, 2.75) is 25.3 Å². The minimum absolute atomic E-state index is 0.0983. The molecule has 3 atom stereocenters. The Morgan fingerprint density at radius 2 is 2.00 bits per heavy atom. The smallest absolute Gasteiger partial charge is 0.226 e. The lowest BCUT2D eigenvalue weighted by Crippen LogP contribution is -2.44. The second-order valence-electron chi connectivity index (χ2n) is 8.17. The van der Waals surface area contributed by atoms with E-state index in [1.165, 1.54) is 5.56 Å². The van der Waals surface area contributed by atoms with Gasteiger partial charge in [-0.15, -0.1) is 0 Å². The molecule has 29 heavy (non-hydrogen) atoms. The Labute approximate surface area is 173 Å². The quantitative estimate of drug-likeness (QED) is 0.844. The molecule has 1 amide bonds. The summed E-state index contributed by atoms with van der Waals surface area (Å²) in [5, 5.41) is 3.23. The second kappa shape index (κ2) is 8.87. The number of carbonyl (C=O) groups excluding carboxylic acids is 1. The van der Waals surface area contributed by atoms with Crippen LogP contribution >= 0.6 is 0 Å². The van der Waals surface area contributed by atoms with E-state index in [1.807, 2.05) is 36.4 Å². The van der Waals surface area contributed by atoms with Gasteiger partial charge >= 0.3 is 0 Å². The van der Waals surface area contributed by atoms with Gasteiger partial charge in [0.15, 0.2) is 0 Å². The molecular formula is C24H30N2O3. The molecule has 5 heteroatoms. The molecule has 1 fully saturated rings. The standard InChI is InChI=1S/C24H30N2O3/c1-26-13-5-7-19(23(26)17-9-11-21(28-2)12-10-17)15-25-24(27)20-14-18-6-3-4-8-22(18)29-16-20/h3-4,6,8-12,19-20,23H,5,7,13-16H2,1-2H3,(H,25,27). The van der Waals surface area contributed by atoms with Crippen molar-refractivity contribution in [1.29, 1.82) is 0 Å². The third-order valence-corrected chi connectivity index (χ3v) is 6.25. The van der Waals surface area contributed by atoms with Gasteiger partial charge in [-0.05, 0) is 68.1 Å². The molecule has 1 saturated heterocycles. The van der Waals surface area contributed by atoms with E-state index in [1.54, 1.807) is 7.11 Å². The number of piperidine rings is 1. The SMILES string of the molecule is COc1ccc(C2C(CNC(=O)C3COc4ccccc4C3)CCCN2C)cc1. The Morgan fingerprint density at radius 1 is 1.21 bits per heavy atom. The maximum Gasteiger partial charge on any atom is 0.226 e. The van der Waals surface area contributed by atoms with Gasteiger partial charge in [-0.2, -0.15) is 0 Å². The molecule has 1 N–H and O–H groups in total. The monoisotopic (exact) mass is 394 g/mol. The first-order valence-corrected chi connectivity index (χ1v) is 10.5. The molecule has 2 heterocycles. The van der Waals surface area contributed by atoms with Crippen LogP contribution < -0.4 is 14.8 Å². The van der Waals surface area contributed by atoms with Crippen LogP contribution in [0.3, 0.4) is 0 Å². The number of rotatable bonds is 5. The van der Waals surface area contributed by atoms with Gasteiger partial charge in [0.2, 0.25) is 5.91 Å². The van der Waals surface area contributed by atoms with Gasteiger partial charge < -0.3 is 14.8 Å². The van der Waals surface area contributed by atoms with E-state index in [0.717, 1.165) is 42.9 Å². The largest absolute Gasteiger partial charge is 0.497 e. The molecule has 0 aliphatic carbocycles. The van der Waals surface area contributed by atoms with Gasteiger partial charge in [-0.25, -0.2) is 0 Å². The first-order chi connectivity index (χ1) is 14.2. The van der Waals surface area contributed by atoms with Crippen molar-refractivity contribution in [2.24, 2.45) is 11.8 Å². The summed E-state index contributed by atoms with van der Waals surface area (Å²) in [6, 6.07) is 16.6. The van der Waals surface area contributed by atoms with Crippen molar-refractivity contribution in [3.63, 3.8) is 0 Å². The number of nitrogens with one attached hydrogen (secondary N) is 1. The molecule has 154 valence electrons. The van der Waals surface area contributed by atoms with Gasteiger partial charge in [-0.1, -0.05) is 30.3 Å². The van der Waals surface area contributed by atoms with Gasteiger partial charge in [0.25, 0.3) is 0 Å². The lowest BCUT2D eigenvalue weighted by atomic mass is 9.84. The van der Waals surface area contributed by atoms with Crippen LogP contribution in [0.2, 0.25) is 0 Å². The minimum atomic E-state index is -0.120. The first kappa shape index (κ1) is 19.8. The van der Waals surface area contributed by atoms with E-state index in [-0.39, 0.29) is 11.8 Å². The van der Waals surface area contributed by atoms with Crippen molar-refractivity contribution < 1.29 is 14.3 Å². The Kier molecular flexibility index (Phi) is 6.05. The predicted molar refractivity (Wildman–Crippen MR) is 113 cm³/mol. The zero-order chi connectivity index (χ0) is 20.2. The fraction of sp³-hybridized carbons (Fsp3) is 0.458. The number of ether oxygens (including phenoxy) is 2. The zero-order valence-electron chi connectivity index (χ0n) is 17.3. The van der Waals surface area contributed by atoms with Crippen molar-refractivity contribution in [2.75, 3.05) is 33.9 Å². The lowest BCUT2D eigenvalue weighted by molar-refractivity contribution is -0.126. The molecule has 5 nitrogen and oxygen atoms in total. The predicted octanol–water partition coefficient (Wildman–Crippen LogP) is 3.45. The van der Waals surface area contributed by atoms with Crippen LogP contribution in [-0.4, -0.2) is 44.7 Å². The van der Waals surface area contributed by atoms with Crippen LogP contribution in [-0.2, 0) is 11.2 Å². The summed E-state index contributed by atoms with van der Waals surface area (Å²) in [7, 11) is 3.86. The topological polar surface area (TPSA) is 50.8 Å². The highest BCUT2D eigenvalue weighted by Crippen LogP contribution is 2.35. The van der Waals surface area contributed by atoms with E-state index >= 15 is 0 Å². The molecule has 0 bridgehead atoms. The molecule has 3 unspecified atom stereocenters. The van der Waals surface area contributed by atoms with Gasteiger partial charge in [-0.3, -0.25) is 9.69 Å². The summed E-state index contributed by atoms with van der Waals surface area (Å²) in [5.41, 5.74) is 2.40. The molecule has 4 rings (SSSR count). The molecule has 2 aromatic carbocycles. The van der Waals surface area contributed by atoms with Crippen LogP contribution in [0.1, 0.15) is 30.0 Å².